The Kier molecular flexibility index (Phi) is 3.87. The second kappa shape index (κ2) is 5.61. The summed E-state index contributed by atoms with van der Waals surface area (Å²) in [6.07, 6.45) is 4.39. The second-order valence-corrected chi connectivity index (χ2v) is 6.90. The lowest BCUT2D eigenvalue weighted by Gasteiger charge is -2.36. The van der Waals surface area contributed by atoms with Gasteiger partial charge < -0.3 is 5.32 Å². The Hall–Kier alpha value is -0.900. The van der Waals surface area contributed by atoms with Crippen molar-refractivity contribution in [3.05, 3.63) is 50.9 Å². The van der Waals surface area contributed by atoms with Gasteiger partial charge in [-0.25, -0.2) is 4.98 Å². The van der Waals surface area contributed by atoms with E-state index in [2.05, 4.69) is 22.4 Å². The number of nitrogens with zero attached hydrogens (tertiary/aromatic N) is 1. The van der Waals surface area contributed by atoms with Crippen LogP contribution in [0.3, 0.4) is 0 Å². The molecular formula is C15H17ClN2S. The van der Waals surface area contributed by atoms with E-state index >= 15 is 0 Å². The molecule has 1 aromatic heterocycles. The fraction of sp³-hybridized carbons (Fsp3) is 0.400. The zero-order valence-electron chi connectivity index (χ0n) is 10.9. The molecule has 1 N–H and O–H groups in total. The molecule has 1 saturated carbocycles. The normalized spacial score (nSPS) is 22.2. The Morgan fingerprint density at radius 2 is 2.26 bits per heavy atom. The van der Waals surface area contributed by atoms with Gasteiger partial charge in [0.15, 0.2) is 0 Å². The van der Waals surface area contributed by atoms with Crippen molar-refractivity contribution in [2.75, 3.05) is 0 Å². The number of thiazole rings is 1. The van der Waals surface area contributed by atoms with Crippen LogP contribution in [0.4, 0.5) is 0 Å². The monoisotopic (exact) mass is 292 g/mol. The first-order valence-electron chi connectivity index (χ1n) is 6.61. The van der Waals surface area contributed by atoms with Gasteiger partial charge in [0, 0.05) is 28.7 Å². The number of nitrogens with one attached hydrogen (secondary N) is 1. The maximum Gasteiger partial charge on any atom is 0.0897 e. The van der Waals surface area contributed by atoms with E-state index in [-0.39, 0.29) is 0 Å². The molecule has 1 fully saturated rings. The third-order valence-electron chi connectivity index (χ3n) is 3.69. The lowest BCUT2D eigenvalue weighted by molar-refractivity contribution is 0.290. The van der Waals surface area contributed by atoms with Crippen LogP contribution < -0.4 is 5.32 Å². The highest BCUT2D eigenvalue weighted by Crippen LogP contribution is 2.37. The van der Waals surface area contributed by atoms with Crippen LogP contribution in [0.1, 0.15) is 34.2 Å². The lowest BCUT2D eigenvalue weighted by atomic mass is 9.76. The molecule has 0 spiro atoms. The molecule has 1 aliphatic carbocycles. The fourth-order valence-electron chi connectivity index (χ4n) is 2.55. The topological polar surface area (TPSA) is 24.9 Å². The zero-order valence-corrected chi connectivity index (χ0v) is 12.5. The number of aryl methyl sites for hydroxylation is 1. The quantitative estimate of drug-likeness (QED) is 0.916. The van der Waals surface area contributed by atoms with E-state index in [0.29, 0.717) is 12.0 Å². The number of benzene rings is 1. The highest BCUT2D eigenvalue weighted by Gasteiger charge is 2.29. The molecule has 1 aliphatic rings. The molecule has 0 radical (unpaired) electrons. The van der Waals surface area contributed by atoms with Crippen molar-refractivity contribution in [3.63, 3.8) is 0 Å². The van der Waals surface area contributed by atoms with Crippen LogP contribution in [0.2, 0.25) is 5.02 Å². The maximum absolute atomic E-state index is 6.03. The van der Waals surface area contributed by atoms with Crippen LogP contribution in [0, 0.1) is 6.92 Å². The van der Waals surface area contributed by atoms with Gasteiger partial charge in [0.1, 0.15) is 0 Å². The van der Waals surface area contributed by atoms with Crippen LogP contribution in [0.15, 0.2) is 30.5 Å². The number of hydrogen-bond acceptors (Lipinski definition) is 3. The van der Waals surface area contributed by atoms with Crippen molar-refractivity contribution >= 4 is 22.9 Å². The summed E-state index contributed by atoms with van der Waals surface area (Å²) in [5.74, 6) is 0.666. The fourth-order valence-corrected chi connectivity index (χ4v) is 3.49. The smallest absolute Gasteiger partial charge is 0.0897 e. The predicted molar refractivity (Wildman–Crippen MR) is 80.9 cm³/mol. The number of hydrogen-bond donors (Lipinski definition) is 1. The maximum atomic E-state index is 6.03. The van der Waals surface area contributed by atoms with Gasteiger partial charge >= 0.3 is 0 Å². The Balaban J connectivity index is 1.48. The Morgan fingerprint density at radius 1 is 1.42 bits per heavy atom. The first kappa shape index (κ1) is 13.1. The number of halogens is 1. The average molecular weight is 293 g/mol. The largest absolute Gasteiger partial charge is 0.309 e. The molecule has 1 aromatic carbocycles. The van der Waals surface area contributed by atoms with E-state index in [1.54, 1.807) is 11.3 Å². The summed E-state index contributed by atoms with van der Waals surface area (Å²) in [5, 5.41) is 5.58. The molecule has 3 rings (SSSR count). The summed E-state index contributed by atoms with van der Waals surface area (Å²) in [4.78, 5) is 5.60. The third-order valence-corrected chi connectivity index (χ3v) is 4.84. The minimum Gasteiger partial charge on any atom is -0.309 e. The van der Waals surface area contributed by atoms with Crippen LogP contribution in [-0.4, -0.2) is 11.0 Å². The zero-order chi connectivity index (χ0) is 13.2. The molecule has 0 bridgehead atoms. The van der Waals surface area contributed by atoms with Gasteiger partial charge in [-0.05, 0) is 43.4 Å². The molecule has 0 aliphatic heterocycles. The predicted octanol–water partition coefficient (Wildman–Crippen LogP) is 4.14. The molecule has 0 unspecified atom stereocenters. The molecular weight excluding hydrogens is 276 g/mol. The Morgan fingerprint density at radius 3 is 2.95 bits per heavy atom. The van der Waals surface area contributed by atoms with Crippen molar-refractivity contribution in [3.8, 4) is 0 Å². The van der Waals surface area contributed by atoms with Crippen LogP contribution in [0.5, 0.6) is 0 Å². The summed E-state index contributed by atoms with van der Waals surface area (Å²) in [6, 6.07) is 8.88. The molecule has 2 aromatic rings. The summed E-state index contributed by atoms with van der Waals surface area (Å²) < 4.78 is 0. The molecule has 0 amide bonds. The SMILES string of the molecule is Cc1ncc(CNC2CC(c3cccc(Cl)c3)C2)s1. The Bertz CT molecular complexity index is 561. The molecule has 1 heterocycles. The minimum absolute atomic E-state index is 0.631. The summed E-state index contributed by atoms with van der Waals surface area (Å²) >= 11 is 7.80. The van der Waals surface area contributed by atoms with E-state index in [4.69, 9.17) is 11.6 Å². The van der Waals surface area contributed by atoms with E-state index in [9.17, 15) is 0 Å². The van der Waals surface area contributed by atoms with Gasteiger partial charge in [-0.3, -0.25) is 0 Å². The molecule has 2 nitrogen and oxygen atoms in total. The molecule has 4 heteroatoms. The summed E-state index contributed by atoms with van der Waals surface area (Å²) in [7, 11) is 0. The van der Waals surface area contributed by atoms with E-state index in [0.717, 1.165) is 16.6 Å². The number of rotatable bonds is 4. The van der Waals surface area contributed by atoms with Gasteiger partial charge in [-0.2, -0.15) is 0 Å². The van der Waals surface area contributed by atoms with Gasteiger partial charge in [0.25, 0.3) is 0 Å². The van der Waals surface area contributed by atoms with Crippen molar-refractivity contribution in [2.24, 2.45) is 0 Å². The first-order valence-corrected chi connectivity index (χ1v) is 7.80. The number of aromatic nitrogens is 1. The van der Waals surface area contributed by atoms with Crippen LogP contribution in [0.25, 0.3) is 0 Å². The molecule has 0 atom stereocenters. The average Bonchev–Trinajstić information content (AvgIpc) is 2.73. The minimum atomic E-state index is 0.631. The van der Waals surface area contributed by atoms with Crippen LogP contribution >= 0.6 is 22.9 Å². The summed E-state index contributed by atoms with van der Waals surface area (Å²) in [5.41, 5.74) is 1.37. The van der Waals surface area contributed by atoms with Crippen LogP contribution in [-0.2, 0) is 6.54 Å². The lowest BCUT2D eigenvalue weighted by Crippen LogP contribution is -2.39. The third kappa shape index (κ3) is 3.16. The van der Waals surface area contributed by atoms with Gasteiger partial charge in [0.2, 0.25) is 0 Å². The van der Waals surface area contributed by atoms with Crippen molar-refractivity contribution < 1.29 is 0 Å². The second-order valence-electron chi connectivity index (χ2n) is 5.15. The van der Waals surface area contributed by atoms with Crippen molar-refractivity contribution in [2.45, 2.75) is 38.3 Å². The van der Waals surface area contributed by atoms with Gasteiger partial charge in [0.05, 0.1) is 5.01 Å². The van der Waals surface area contributed by atoms with Gasteiger partial charge in [-0.1, -0.05) is 23.7 Å². The van der Waals surface area contributed by atoms with E-state index < -0.39 is 0 Å². The summed E-state index contributed by atoms with van der Waals surface area (Å²) in [6.45, 7) is 2.99. The van der Waals surface area contributed by atoms with Gasteiger partial charge in [-0.15, -0.1) is 11.3 Å². The highest BCUT2D eigenvalue weighted by atomic mass is 35.5. The van der Waals surface area contributed by atoms with E-state index in [1.807, 2.05) is 25.3 Å². The highest BCUT2D eigenvalue weighted by molar-refractivity contribution is 7.11. The molecule has 19 heavy (non-hydrogen) atoms. The Labute approximate surface area is 122 Å². The van der Waals surface area contributed by atoms with Crippen molar-refractivity contribution in [1.82, 2.24) is 10.3 Å². The molecule has 100 valence electrons. The van der Waals surface area contributed by atoms with E-state index in [1.165, 1.54) is 23.3 Å². The standard InChI is InChI=1S/C15H17ClN2S/c1-10-17-8-15(19-10)9-18-14-6-12(7-14)11-3-2-4-13(16)5-11/h2-5,8,12,14,18H,6-7,9H2,1H3. The first-order chi connectivity index (χ1) is 9.20. The van der Waals surface area contributed by atoms with Crippen molar-refractivity contribution in [1.29, 1.82) is 0 Å². The molecule has 0 saturated heterocycles.